The molecule has 110 valence electrons. The van der Waals surface area contributed by atoms with Gasteiger partial charge in [0.2, 0.25) is 5.95 Å². The van der Waals surface area contributed by atoms with Gasteiger partial charge < -0.3 is 15.2 Å². The van der Waals surface area contributed by atoms with Gasteiger partial charge >= 0.3 is 0 Å². The van der Waals surface area contributed by atoms with Crippen LogP contribution < -0.4 is 10.6 Å². The van der Waals surface area contributed by atoms with Crippen LogP contribution in [-0.4, -0.2) is 28.7 Å². The fraction of sp³-hybridized carbons (Fsp3) is 0.812. The predicted octanol–water partition coefficient (Wildman–Crippen LogP) is 2.56. The maximum atomic E-state index is 6.34. The molecule has 0 aromatic carbocycles. The first-order valence-corrected chi connectivity index (χ1v) is 8.36. The zero-order chi connectivity index (χ0) is 13.5. The molecule has 0 amide bonds. The van der Waals surface area contributed by atoms with Crippen LogP contribution in [0.25, 0.3) is 0 Å². The van der Waals surface area contributed by atoms with Crippen LogP contribution in [0.4, 0.5) is 5.95 Å². The maximum absolute atomic E-state index is 6.34. The van der Waals surface area contributed by atoms with E-state index in [1.807, 2.05) is 6.20 Å². The van der Waals surface area contributed by atoms with Crippen molar-refractivity contribution in [3.63, 3.8) is 0 Å². The highest BCUT2D eigenvalue weighted by atomic mass is 15.3. The summed E-state index contributed by atoms with van der Waals surface area (Å²) >= 11 is 0. The van der Waals surface area contributed by atoms with Crippen LogP contribution in [0.1, 0.15) is 51.0 Å². The summed E-state index contributed by atoms with van der Waals surface area (Å²) in [5.74, 6) is 2.70. The molecule has 0 spiro atoms. The normalized spacial score (nSPS) is 34.6. The fourth-order valence-electron chi connectivity index (χ4n) is 4.70. The van der Waals surface area contributed by atoms with Gasteiger partial charge in [-0.15, -0.1) is 0 Å². The second-order valence-corrected chi connectivity index (χ2v) is 7.00. The summed E-state index contributed by atoms with van der Waals surface area (Å²) in [4.78, 5) is 7.19. The molecule has 20 heavy (non-hydrogen) atoms. The molecule has 4 heteroatoms. The predicted molar refractivity (Wildman–Crippen MR) is 80.8 cm³/mol. The van der Waals surface area contributed by atoms with Gasteiger partial charge in [-0.3, -0.25) is 0 Å². The number of anilines is 1. The smallest absolute Gasteiger partial charge is 0.205 e. The Morgan fingerprint density at radius 1 is 1.05 bits per heavy atom. The van der Waals surface area contributed by atoms with Crippen molar-refractivity contribution in [1.82, 2.24) is 9.55 Å². The summed E-state index contributed by atoms with van der Waals surface area (Å²) in [5, 5.41) is 0. The van der Waals surface area contributed by atoms with Gasteiger partial charge in [0.15, 0.2) is 0 Å². The minimum Gasteiger partial charge on any atom is -0.342 e. The number of rotatable bonds is 2. The Bertz CT molecular complexity index is 463. The molecule has 1 aromatic rings. The molecule has 2 saturated carbocycles. The van der Waals surface area contributed by atoms with Crippen molar-refractivity contribution in [3.05, 3.63) is 12.4 Å². The number of fused-ring (bicyclic) bond motifs is 1. The lowest BCUT2D eigenvalue weighted by molar-refractivity contribution is 0.260. The van der Waals surface area contributed by atoms with E-state index in [0.717, 1.165) is 12.5 Å². The molecule has 2 aliphatic carbocycles. The Labute approximate surface area is 121 Å². The minimum atomic E-state index is 0.411. The molecule has 1 aliphatic heterocycles. The first-order valence-electron chi connectivity index (χ1n) is 8.36. The van der Waals surface area contributed by atoms with Crippen LogP contribution in [0.2, 0.25) is 0 Å². The van der Waals surface area contributed by atoms with Crippen molar-refractivity contribution >= 4 is 5.95 Å². The lowest BCUT2D eigenvalue weighted by atomic mass is 9.78. The Morgan fingerprint density at radius 2 is 1.90 bits per heavy atom. The van der Waals surface area contributed by atoms with Gasteiger partial charge in [-0.1, -0.05) is 19.3 Å². The zero-order valence-electron chi connectivity index (χ0n) is 12.2. The molecular weight excluding hydrogens is 248 g/mol. The maximum Gasteiger partial charge on any atom is 0.205 e. The highest BCUT2D eigenvalue weighted by Crippen LogP contribution is 2.39. The number of hydrogen-bond acceptors (Lipinski definition) is 3. The third-order valence-corrected chi connectivity index (χ3v) is 5.80. The van der Waals surface area contributed by atoms with E-state index in [1.54, 1.807) is 0 Å². The van der Waals surface area contributed by atoms with E-state index in [4.69, 9.17) is 5.73 Å². The SMILES string of the molecule is NC1CCCC2CN(c3nccn3C3CCCC3)CC12. The summed E-state index contributed by atoms with van der Waals surface area (Å²) < 4.78 is 2.44. The molecule has 0 radical (unpaired) electrons. The number of hydrogen-bond donors (Lipinski definition) is 1. The lowest BCUT2D eigenvalue weighted by Gasteiger charge is -2.29. The molecule has 4 rings (SSSR count). The molecule has 3 unspecified atom stereocenters. The van der Waals surface area contributed by atoms with Crippen molar-refractivity contribution in [2.45, 2.75) is 57.0 Å². The molecule has 2 N–H and O–H groups in total. The Balaban J connectivity index is 1.55. The van der Waals surface area contributed by atoms with Crippen LogP contribution >= 0.6 is 0 Å². The van der Waals surface area contributed by atoms with Crippen molar-refractivity contribution in [2.24, 2.45) is 17.6 Å². The molecule has 0 bridgehead atoms. The number of nitrogens with zero attached hydrogens (tertiary/aromatic N) is 3. The van der Waals surface area contributed by atoms with Gasteiger partial charge in [0.25, 0.3) is 0 Å². The second kappa shape index (κ2) is 5.06. The molecule has 3 fully saturated rings. The van der Waals surface area contributed by atoms with E-state index in [-0.39, 0.29) is 0 Å². The first-order chi connectivity index (χ1) is 9.83. The van der Waals surface area contributed by atoms with Gasteiger partial charge in [0.05, 0.1) is 0 Å². The van der Waals surface area contributed by atoms with E-state index in [2.05, 4.69) is 20.6 Å². The Hall–Kier alpha value is -1.03. The van der Waals surface area contributed by atoms with Crippen LogP contribution in [-0.2, 0) is 0 Å². The number of aromatic nitrogens is 2. The zero-order valence-corrected chi connectivity index (χ0v) is 12.2. The molecule has 1 aromatic heterocycles. The van der Waals surface area contributed by atoms with Gasteiger partial charge in [-0.25, -0.2) is 4.98 Å². The van der Waals surface area contributed by atoms with Gasteiger partial charge in [-0.2, -0.15) is 0 Å². The largest absolute Gasteiger partial charge is 0.342 e. The number of nitrogens with two attached hydrogens (primary N) is 1. The third-order valence-electron chi connectivity index (χ3n) is 5.80. The average Bonchev–Trinajstić information content (AvgIpc) is 3.18. The van der Waals surface area contributed by atoms with Gasteiger partial charge in [0, 0.05) is 37.6 Å². The van der Waals surface area contributed by atoms with E-state index in [9.17, 15) is 0 Å². The van der Waals surface area contributed by atoms with Crippen molar-refractivity contribution in [1.29, 1.82) is 0 Å². The average molecular weight is 274 g/mol. The fourth-order valence-corrected chi connectivity index (χ4v) is 4.70. The van der Waals surface area contributed by atoms with Crippen LogP contribution in [0.3, 0.4) is 0 Å². The highest BCUT2D eigenvalue weighted by molar-refractivity contribution is 5.35. The quantitative estimate of drug-likeness (QED) is 0.901. The summed E-state index contributed by atoms with van der Waals surface area (Å²) in [7, 11) is 0. The summed E-state index contributed by atoms with van der Waals surface area (Å²) in [6.45, 7) is 2.29. The van der Waals surface area contributed by atoms with E-state index < -0.39 is 0 Å². The van der Waals surface area contributed by atoms with Crippen molar-refractivity contribution in [3.8, 4) is 0 Å². The molecule has 1 saturated heterocycles. The van der Waals surface area contributed by atoms with Gasteiger partial charge in [-0.05, 0) is 37.5 Å². The highest BCUT2D eigenvalue weighted by Gasteiger charge is 2.40. The van der Waals surface area contributed by atoms with E-state index >= 15 is 0 Å². The summed E-state index contributed by atoms with van der Waals surface area (Å²) in [6, 6.07) is 1.09. The van der Waals surface area contributed by atoms with Crippen molar-refractivity contribution < 1.29 is 0 Å². The lowest BCUT2D eigenvalue weighted by Crippen LogP contribution is -2.38. The summed E-state index contributed by atoms with van der Waals surface area (Å²) in [6.07, 6.45) is 13.4. The van der Waals surface area contributed by atoms with Crippen LogP contribution in [0.5, 0.6) is 0 Å². The molecule has 4 nitrogen and oxygen atoms in total. The van der Waals surface area contributed by atoms with Crippen molar-refractivity contribution in [2.75, 3.05) is 18.0 Å². The minimum absolute atomic E-state index is 0.411. The third kappa shape index (κ3) is 2.05. The van der Waals surface area contributed by atoms with E-state index in [0.29, 0.717) is 18.0 Å². The first kappa shape index (κ1) is 12.7. The Morgan fingerprint density at radius 3 is 2.70 bits per heavy atom. The topological polar surface area (TPSA) is 47.1 Å². The van der Waals surface area contributed by atoms with Crippen LogP contribution in [0, 0.1) is 11.8 Å². The molecular formula is C16H26N4. The summed E-state index contributed by atoms with van der Waals surface area (Å²) in [5.41, 5.74) is 6.34. The molecule has 3 aliphatic rings. The van der Waals surface area contributed by atoms with Crippen LogP contribution in [0.15, 0.2) is 12.4 Å². The number of imidazole rings is 1. The van der Waals surface area contributed by atoms with E-state index in [1.165, 1.54) is 57.4 Å². The standard InChI is InChI=1S/C16H26N4/c17-15-7-3-4-12-10-19(11-14(12)15)16-18-8-9-20(16)13-5-1-2-6-13/h8-9,12-15H,1-7,10-11,17H2. The Kier molecular flexibility index (Phi) is 3.21. The monoisotopic (exact) mass is 274 g/mol. The van der Waals surface area contributed by atoms with Gasteiger partial charge in [0.1, 0.15) is 0 Å². The second-order valence-electron chi connectivity index (χ2n) is 7.00. The molecule has 2 heterocycles. The molecule has 3 atom stereocenters.